The van der Waals surface area contributed by atoms with E-state index in [9.17, 15) is 23.3 Å². The minimum Gasteiger partial charge on any atom is -0.258 e. The topological polar surface area (TPSA) is 66.9 Å². The molecule has 0 amide bonds. The summed E-state index contributed by atoms with van der Waals surface area (Å²) in [6, 6.07) is 3.43. The van der Waals surface area contributed by atoms with Crippen LogP contribution in [0.15, 0.2) is 16.6 Å². The fourth-order valence-electron chi connectivity index (χ4n) is 1.33. The monoisotopic (exact) mass is 308 g/mol. The lowest BCUT2D eigenvalue weighted by atomic mass is 10.0. The molecule has 0 aliphatic carbocycles. The molecule has 0 spiro atoms. The average Bonchev–Trinajstić information content (AvgIpc) is 2.18. The van der Waals surface area contributed by atoms with E-state index < -0.39 is 34.3 Å². The lowest BCUT2D eigenvalue weighted by Gasteiger charge is -2.12. The van der Waals surface area contributed by atoms with E-state index in [-0.39, 0.29) is 4.47 Å². The maximum absolute atomic E-state index is 12.7. The number of halogens is 4. The van der Waals surface area contributed by atoms with Crippen LogP contribution in [0.4, 0.5) is 18.9 Å². The van der Waals surface area contributed by atoms with Crippen LogP contribution in [-0.2, 0) is 12.6 Å². The third kappa shape index (κ3) is 2.74. The van der Waals surface area contributed by atoms with Crippen LogP contribution in [0.3, 0.4) is 0 Å². The first kappa shape index (κ1) is 13.4. The molecule has 0 bridgehead atoms. The summed E-state index contributed by atoms with van der Waals surface area (Å²) in [5, 5.41) is 19.0. The van der Waals surface area contributed by atoms with Gasteiger partial charge in [-0.1, -0.05) is 15.9 Å². The van der Waals surface area contributed by atoms with E-state index in [2.05, 4.69) is 15.9 Å². The smallest absolute Gasteiger partial charge is 0.258 e. The van der Waals surface area contributed by atoms with Crippen molar-refractivity contribution < 1.29 is 18.1 Å². The Hall–Kier alpha value is -1.62. The maximum atomic E-state index is 12.7. The highest BCUT2D eigenvalue weighted by Gasteiger charge is 2.41. The molecule has 90 valence electrons. The van der Waals surface area contributed by atoms with E-state index in [1.54, 1.807) is 6.07 Å². The molecular weight excluding hydrogens is 305 g/mol. The first-order valence-corrected chi connectivity index (χ1v) is 4.98. The zero-order valence-corrected chi connectivity index (χ0v) is 9.67. The predicted molar refractivity (Wildman–Crippen MR) is 55.1 cm³/mol. The number of hydrogen-bond donors (Lipinski definition) is 0. The Morgan fingerprint density at radius 1 is 1.47 bits per heavy atom. The number of benzene rings is 1. The molecule has 0 aliphatic heterocycles. The molecule has 1 rings (SSSR count). The van der Waals surface area contributed by atoms with Gasteiger partial charge < -0.3 is 0 Å². The van der Waals surface area contributed by atoms with Crippen LogP contribution in [0.1, 0.15) is 11.1 Å². The number of alkyl halides is 3. The van der Waals surface area contributed by atoms with E-state index in [1.807, 2.05) is 0 Å². The van der Waals surface area contributed by atoms with Gasteiger partial charge >= 0.3 is 6.18 Å². The average molecular weight is 309 g/mol. The fraction of sp³-hybridized carbons (Fsp3) is 0.222. The highest BCUT2D eigenvalue weighted by Crippen LogP contribution is 2.41. The van der Waals surface area contributed by atoms with E-state index in [0.29, 0.717) is 0 Å². The van der Waals surface area contributed by atoms with E-state index in [1.165, 1.54) is 0 Å². The number of nitro benzene ring substituents is 1. The maximum Gasteiger partial charge on any atom is 0.423 e. The largest absolute Gasteiger partial charge is 0.423 e. The van der Waals surface area contributed by atoms with Crippen molar-refractivity contribution in [2.75, 3.05) is 0 Å². The van der Waals surface area contributed by atoms with Crippen molar-refractivity contribution >= 4 is 21.6 Å². The lowest BCUT2D eigenvalue weighted by molar-refractivity contribution is -0.388. The molecule has 4 nitrogen and oxygen atoms in total. The molecule has 0 heterocycles. The van der Waals surface area contributed by atoms with Gasteiger partial charge in [0.25, 0.3) is 5.69 Å². The minimum atomic E-state index is -4.88. The summed E-state index contributed by atoms with van der Waals surface area (Å²) in [6.07, 6.45) is -5.44. The second-order valence-corrected chi connectivity index (χ2v) is 3.86. The third-order valence-corrected chi connectivity index (χ3v) is 2.71. The number of rotatable bonds is 2. The molecule has 0 radical (unpaired) electrons. The first-order chi connectivity index (χ1) is 7.79. The summed E-state index contributed by atoms with van der Waals surface area (Å²) in [7, 11) is 0. The number of nitrogens with zero attached hydrogens (tertiary/aromatic N) is 2. The summed E-state index contributed by atoms with van der Waals surface area (Å²) < 4.78 is 38.2. The van der Waals surface area contributed by atoms with Gasteiger partial charge in [0.15, 0.2) is 0 Å². The van der Waals surface area contributed by atoms with Crippen molar-refractivity contribution in [1.82, 2.24) is 0 Å². The quantitative estimate of drug-likeness (QED) is 0.621. The van der Waals surface area contributed by atoms with Crippen molar-refractivity contribution in [3.63, 3.8) is 0 Å². The van der Waals surface area contributed by atoms with Crippen molar-refractivity contribution in [2.24, 2.45) is 0 Å². The molecular formula is C9H4BrF3N2O2. The summed E-state index contributed by atoms with van der Waals surface area (Å²) in [4.78, 5) is 9.43. The third-order valence-electron chi connectivity index (χ3n) is 1.97. The van der Waals surface area contributed by atoms with Crippen LogP contribution < -0.4 is 0 Å². The van der Waals surface area contributed by atoms with E-state index in [0.717, 1.165) is 12.1 Å². The Balaban J connectivity index is 3.63. The zero-order chi connectivity index (χ0) is 13.2. The van der Waals surface area contributed by atoms with Crippen molar-refractivity contribution in [2.45, 2.75) is 12.6 Å². The number of nitro groups is 1. The molecule has 0 N–H and O–H groups in total. The first-order valence-electron chi connectivity index (χ1n) is 4.19. The van der Waals surface area contributed by atoms with Gasteiger partial charge in [0, 0.05) is 10.5 Å². The van der Waals surface area contributed by atoms with Gasteiger partial charge in [0.2, 0.25) is 0 Å². The molecule has 8 heteroatoms. The van der Waals surface area contributed by atoms with E-state index in [4.69, 9.17) is 5.26 Å². The standard InChI is InChI=1S/C9H4BrF3N2O2/c10-6-1-2-7(15(16)17)8(9(11,12)13)5(6)3-4-14/h1-2H,3H2. The summed E-state index contributed by atoms with van der Waals surface area (Å²) in [5.41, 5.74) is -2.85. The SMILES string of the molecule is N#CCc1c(Br)ccc([N+](=O)[O-])c1C(F)(F)F. The molecule has 0 saturated heterocycles. The van der Waals surface area contributed by atoms with Crippen LogP contribution in [0.25, 0.3) is 0 Å². The predicted octanol–water partition coefficient (Wildman–Crippen LogP) is 3.44. The second-order valence-electron chi connectivity index (χ2n) is 3.01. The molecule has 0 saturated carbocycles. The zero-order valence-electron chi connectivity index (χ0n) is 8.08. The summed E-state index contributed by atoms with van der Waals surface area (Å²) >= 11 is 2.85. The van der Waals surface area contributed by atoms with E-state index >= 15 is 0 Å². The molecule has 0 fully saturated rings. The molecule has 0 aliphatic rings. The summed E-state index contributed by atoms with van der Waals surface area (Å²) in [5.74, 6) is 0. The molecule has 0 aromatic heterocycles. The molecule has 0 atom stereocenters. The highest BCUT2D eigenvalue weighted by molar-refractivity contribution is 9.10. The minimum absolute atomic E-state index is 0.0250. The van der Waals surface area contributed by atoms with Crippen LogP contribution >= 0.6 is 15.9 Å². The van der Waals surface area contributed by atoms with Gasteiger partial charge in [0.1, 0.15) is 5.56 Å². The molecule has 1 aromatic rings. The second kappa shape index (κ2) is 4.71. The normalized spacial score (nSPS) is 11.0. The Bertz CT molecular complexity index is 508. The Kier molecular flexibility index (Phi) is 3.72. The van der Waals surface area contributed by atoms with Gasteiger partial charge in [-0.05, 0) is 11.6 Å². The van der Waals surface area contributed by atoms with Crippen LogP contribution in [0, 0.1) is 21.4 Å². The van der Waals surface area contributed by atoms with Crippen LogP contribution in [0.2, 0.25) is 0 Å². The lowest BCUT2D eigenvalue weighted by Crippen LogP contribution is -2.13. The fourth-order valence-corrected chi connectivity index (χ4v) is 1.80. The van der Waals surface area contributed by atoms with Gasteiger partial charge in [-0.2, -0.15) is 18.4 Å². The van der Waals surface area contributed by atoms with Gasteiger partial charge in [-0.25, -0.2) is 0 Å². The van der Waals surface area contributed by atoms with Gasteiger partial charge in [0.05, 0.1) is 17.4 Å². The van der Waals surface area contributed by atoms with Gasteiger partial charge in [-0.3, -0.25) is 10.1 Å². The van der Waals surface area contributed by atoms with Gasteiger partial charge in [-0.15, -0.1) is 0 Å². The number of nitriles is 1. The molecule has 0 unspecified atom stereocenters. The Labute approximate surface area is 102 Å². The highest BCUT2D eigenvalue weighted by atomic mass is 79.9. The van der Waals surface area contributed by atoms with Crippen LogP contribution in [0.5, 0.6) is 0 Å². The van der Waals surface area contributed by atoms with Crippen molar-refractivity contribution in [3.8, 4) is 6.07 Å². The Morgan fingerprint density at radius 2 is 2.06 bits per heavy atom. The Morgan fingerprint density at radius 3 is 2.47 bits per heavy atom. The van der Waals surface area contributed by atoms with Crippen molar-refractivity contribution in [3.05, 3.63) is 37.8 Å². The van der Waals surface area contributed by atoms with Crippen molar-refractivity contribution in [1.29, 1.82) is 5.26 Å². The van der Waals surface area contributed by atoms with Crippen LogP contribution in [-0.4, -0.2) is 4.92 Å². The molecule has 1 aromatic carbocycles. The molecule has 17 heavy (non-hydrogen) atoms. The summed E-state index contributed by atoms with van der Waals surface area (Å²) in [6.45, 7) is 0. The number of hydrogen-bond acceptors (Lipinski definition) is 3.